The maximum atomic E-state index is 4.28. The largest absolute Gasteiger partial charge is 0.230 e. The summed E-state index contributed by atoms with van der Waals surface area (Å²) in [5.74, 6) is 0.876. The SMILES string of the molecule is CC1CCCC(Sc2cc(Br)ncn2)C1. The predicted octanol–water partition coefficient (Wildman–Crippen LogP) is 3.91. The highest BCUT2D eigenvalue weighted by Gasteiger charge is 2.20. The second-order valence-electron chi connectivity index (χ2n) is 4.19. The lowest BCUT2D eigenvalue weighted by atomic mass is 9.91. The van der Waals surface area contributed by atoms with Crippen LogP contribution in [0.15, 0.2) is 22.0 Å². The Hall–Kier alpha value is -0.0900. The van der Waals surface area contributed by atoms with Crippen LogP contribution in [0, 0.1) is 5.92 Å². The zero-order valence-electron chi connectivity index (χ0n) is 8.82. The number of thioether (sulfide) groups is 1. The van der Waals surface area contributed by atoms with Crippen molar-refractivity contribution in [3.8, 4) is 0 Å². The van der Waals surface area contributed by atoms with Gasteiger partial charge >= 0.3 is 0 Å². The molecule has 0 amide bonds. The van der Waals surface area contributed by atoms with Crippen molar-refractivity contribution in [2.45, 2.75) is 42.9 Å². The van der Waals surface area contributed by atoms with Gasteiger partial charge in [0.2, 0.25) is 0 Å². The second kappa shape index (κ2) is 5.30. The summed E-state index contributed by atoms with van der Waals surface area (Å²) >= 11 is 5.28. The van der Waals surface area contributed by atoms with Gasteiger partial charge in [-0.3, -0.25) is 0 Å². The van der Waals surface area contributed by atoms with Crippen molar-refractivity contribution >= 4 is 27.7 Å². The standard InChI is InChI=1S/C11H15BrN2S/c1-8-3-2-4-9(5-8)15-11-6-10(12)13-7-14-11/h6-9H,2-5H2,1H3. The molecule has 1 aliphatic carbocycles. The Morgan fingerprint density at radius 3 is 3.00 bits per heavy atom. The van der Waals surface area contributed by atoms with E-state index in [2.05, 4.69) is 32.8 Å². The van der Waals surface area contributed by atoms with Crippen LogP contribution in [0.25, 0.3) is 0 Å². The van der Waals surface area contributed by atoms with Crippen LogP contribution in [0.4, 0.5) is 0 Å². The third-order valence-corrected chi connectivity index (χ3v) is 4.44. The normalized spacial score (nSPS) is 26.5. The highest BCUT2D eigenvalue weighted by atomic mass is 79.9. The van der Waals surface area contributed by atoms with E-state index < -0.39 is 0 Å². The zero-order valence-corrected chi connectivity index (χ0v) is 11.2. The van der Waals surface area contributed by atoms with Crippen LogP contribution < -0.4 is 0 Å². The minimum atomic E-state index is 0.746. The topological polar surface area (TPSA) is 25.8 Å². The summed E-state index contributed by atoms with van der Waals surface area (Å²) in [6.07, 6.45) is 7.04. The average molecular weight is 287 g/mol. The van der Waals surface area contributed by atoms with Crippen molar-refractivity contribution in [3.63, 3.8) is 0 Å². The molecule has 0 radical (unpaired) electrons. The van der Waals surface area contributed by atoms with E-state index >= 15 is 0 Å². The van der Waals surface area contributed by atoms with Gasteiger partial charge in [0, 0.05) is 11.3 Å². The molecule has 2 rings (SSSR count). The lowest BCUT2D eigenvalue weighted by Gasteiger charge is -2.25. The first-order valence-corrected chi connectivity index (χ1v) is 7.05. The van der Waals surface area contributed by atoms with Crippen molar-refractivity contribution in [2.24, 2.45) is 5.92 Å². The quantitative estimate of drug-likeness (QED) is 0.771. The summed E-state index contributed by atoms with van der Waals surface area (Å²) < 4.78 is 0.879. The second-order valence-corrected chi connectivity index (χ2v) is 6.32. The first-order chi connectivity index (χ1) is 7.24. The fraction of sp³-hybridized carbons (Fsp3) is 0.636. The third-order valence-electron chi connectivity index (χ3n) is 2.78. The molecule has 2 unspecified atom stereocenters. The lowest BCUT2D eigenvalue weighted by molar-refractivity contribution is 0.394. The van der Waals surface area contributed by atoms with Crippen LogP contribution in [0.1, 0.15) is 32.6 Å². The molecule has 2 nitrogen and oxygen atoms in total. The van der Waals surface area contributed by atoms with Crippen LogP contribution in [-0.2, 0) is 0 Å². The number of rotatable bonds is 2. The Labute approximate surface area is 103 Å². The number of halogens is 1. The van der Waals surface area contributed by atoms with Gasteiger partial charge in [-0.15, -0.1) is 11.8 Å². The molecule has 1 aromatic heterocycles. The van der Waals surface area contributed by atoms with Crippen LogP contribution in [-0.4, -0.2) is 15.2 Å². The number of aromatic nitrogens is 2. The zero-order chi connectivity index (χ0) is 10.7. The molecule has 4 heteroatoms. The number of nitrogens with zero attached hydrogens (tertiary/aromatic N) is 2. The Bertz CT molecular complexity index is 332. The van der Waals surface area contributed by atoms with Gasteiger partial charge in [0.05, 0.1) is 0 Å². The predicted molar refractivity (Wildman–Crippen MR) is 67.0 cm³/mol. The Kier molecular flexibility index (Phi) is 4.03. The number of hydrogen-bond donors (Lipinski definition) is 0. The van der Waals surface area contributed by atoms with E-state index in [-0.39, 0.29) is 0 Å². The summed E-state index contributed by atoms with van der Waals surface area (Å²) in [7, 11) is 0. The highest BCUT2D eigenvalue weighted by Crippen LogP contribution is 2.35. The monoisotopic (exact) mass is 286 g/mol. The van der Waals surface area contributed by atoms with Crippen LogP contribution in [0.2, 0.25) is 0 Å². The first-order valence-electron chi connectivity index (χ1n) is 5.38. The summed E-state index contributed by atoms with van der Waals surface area (Å²) in [5, 5.41) is 1.84. The maximum Gasteiger partial charge on any atom is 0.118 e. The molecule has 0 bridgehead atoms. The molecule has 1 fully saturated rings. The average Bonchev–Trinajstić information content (AvgIpc) is 2.17. The van der Waals surface area contributed by atoms with E-state index in [1.807, 2.05) is 17.8 Å². The number of hydrogen-bond acceptors (Lipinski definition) is 3. The van der Waals surface area contributed by atoms with Crippen molar-refractivity contribution in [3.05, 3.63) is 17.0 Å². The minimum absolute atomic E-state index is 0.746. The van der Waals surface area contributed by atoms with Crippen molar-refractivity contribution in [2.75, 3.05) is 0 Å². The summed E-state index contributed by atoms with van der Waals surface area (Å²) in [6.45, 7) is 2.35. The van der Waals surface area contributed by atoms with E-state index in [0.29, 0.717) is 0 Å². The lowest BCUT2D eigenvalue weighted by Crippen LogP contribution is -2.15. The minimum Gasteiger partial charge on any atom is -0.230 e. The van der Waals surface area contributed by atoms with Gasteiger partial charge < -0.3 is 0 Å². The fourth-order valence-corrected chi connectivity index (χ4v) is 3.84. The van der Waals surface area contributed by atoms with Crippen LogP contribution >= 0.6 is 27.7 Å². The van der Waals surface area contributed by atoms with Crippen molar-refractivity contribution < 1.29 is 0 Å². The molecule has 82 valence electrons. The molecule has 1 heterocycles. The molecule has 2 atom stereocenters. The van der Waals surface area contributed by atoms with Gasteiger partial charge in [-0.25, -0.2) is 9.97 Å². The summed E-state index contributed by atoms with van der Waals surface area (Å²) in [5.41, 5.74) is 0. The van der Waals surface area contributed by atoms with Gasteiger partial charge in [-0.2, -0.15) is 0 Å². The Morgan fingerprint density at radius 2 is 2.27 bits per heavy atom. The molecule has 0 N–H and O–H groups in total. The maximum absolute atomic E-state index is 4.28. The molecule has 0 aromatic carbocycles. The summed E-state index contributed by atoms with van der Waals surface area (Å²) in [4.78, 5) is 8.32. The molecular weight excluding hydrogens is 272 g/mol. The van der Waals surface area contributed by atoms with E-state index in [1.54, 1.807) is 6.33 Å². The van der Waals surface area contributed by atoms with E-state index in [9.17, 15) is 0 Å². The molecule has 0 saturated heterocycles. The van der Waals surface area contributed by atoms with Gasteiger partial charge in [-0.05, 0) is 34.7 Å². The van der Waals surface area contributed by atoms with Gasteiger partial charge in [0.25, 0.3) is 0 Å². The smallest absolute Gasteiger partial charge is 0.118 e. The van der Waals surface area contributed by atoms with Crippen LogP contribution in [0.5, 0.6) is 0 Å². The first kappa shape index (κ1) is 11.4. The molecule has 1 aromatic rings. The molecule has 1 saturated carbocycles. The Morgan fingerprint density at radius 1 is 1.40 bits per heavy atom. The molecule has 1 aliphatic rings. The van der Waals surface area contributed by atoms with Crippen molar-refractivity contribution in [1.82, 2.24) is 9.97 Å². The van der Waals surface area contributed by atoms with Gasteiger partial charge in [0.1, 0.15) is 16.0 Å². The van der Waals surface area contributed by atoms with Crippen LogP contribution in [0.3, 0.4) is 0 Å². The third kappa shape index (κ3) is 3.45. The van der Waals surface area contributed by atoms with E-state index in [4.69, 9.17) is 0 Å². The fourth-order valence-electron chi connectivity index (χ4n) is 2.04. The Balaban J connectivity index is 1.96. The van der Waals surface area contributed by atoms with Gasteiger partial charge in [0.15, 0.2) is 0 Å². The molecule has 0 spiro atoms. The molecular formula is C11H15BrN2S. The van der Waals surface area contributed by atoms with E-state index in [1.165, 1.54) is 25.7 Å². The van der Waals surface area contributed by atoms with Gasteiger partial charge in [-0.1, -0.05) is 19.8 Å². The van der Waals surface area contributed by atoms with Crippen molar-refractivity contribution in [1.29, 1.82) is 0 Å². The highest BCUT2D eigenvalue weighted by molar-refractivity contribution is 9.10. The summed E-state index contributed by atoms with van der Waals surface area (Å²) in [6, 6.07) is 2.00. The van der Waals surface area contributed by atoms with E-state index in [0.717, 1.165) is 20.8 Å². The molecule has 15 heavy (non-hydrogen) atoms. The molecule has 0 aliphatic heterocycles.